The Morgan fingerprint density at radius 1 is 1.23 bits per heavy atom. The first-order chi connectivity index (χ1) is 18.9. The van der Waals surface area contributed by atoms with Gasteiger partial charge in [-0.25, -0.2) is 19.0 Å². The molecule has 200 valence electrons. The highest BCUT2D eigenvalue weighted by atomic mass is 19.1. The predicted molar refractivity (Wildman–Crippen MR) is 144 cm³/mol. The van der Waals surface area contributed by atoms with E-state index in [1.54, 1.807) is 4.90 Å². The second kappa shape index (κ2) is 10.9. The van der Waals surface area contributed by atoms with E-state index >= 15 is 0 Å². The highest BCUT2D eigenvalue weighted by Gasteiger charge is 2.28. The van der Waals surface area contributed by atoms with Gasteiger partial charge in [0.05, 0.1) is 24.1 Å². The molecule has 2 amide bonds. The molecule has 0 radical (unpaired) electrons. The summed E-state index contributed by atoms with van der Waals surface area (Å²) in [5.41, 5.74) is 9.06. The van der Waals surface area contributed by atoms with Crippen molar-refractivity contribution in [2.24, 2.45) is 0 Å². The first-order valence-corrected chi connectivity index (χ1v) is 12.5. The molecule has 1 fully saturated rings. The first-order valence-electron chi connectivity index (χ1n) is 12.5. The van der Waals surface area contributed by atoms with E-state index in [0.29, 0.717) is 41.4 Å². The number of methoxy groups -OCH3 is 1. The van der Waals surface area contributed by atoms with Gasteiger partial charge in [-0.1, -0.05) is 30.8 Å². The van der Waals surface area contributed by atoms with Crippen LogP contribution in [0.2, 0.25) is 0 Å². The highest BCUT2D eigenvalue weighted by Crippen LogP contribution is 2.34. The largest absolute Gasteiger partial charge is 0.497 e. The van der Waals surface area contributed by atoms with Crippen LogP contribution in [0.5, 0.6) is 5.75 Å². The third kappa shape index (κ3) is 5.15. The predicted octanol–water partition coefficient (Wildman–Crippen LogP) is 3.50. The zero-order chi connectivity index (χ0) is 27.5. The molecule has 11 heteroatoms. The molecule has 0 spiro atoms. The average molecular weight is 530 g/mol. The van der Waals surface area contributed by atoms with Crippen LogP contribution in [0.1, 0.15) is 34.8 Å². The summed E-state index contributed by atoms with van der Waals surface area (Å²) in [5, 5.41) is 8.26. The van der Waals surface area contributed by atoms with Crippen molar-refractivity contribution in [3.05, 3.63) is 78.4 Å². The summed E-state index contributed by atoms with van der Waals surface area (Å²) >= 11 is 0. The van der Waals surface area contributed by atoms with E-state index in [9.17, 15) is 14.0 Å². The van der Waals surface area contributed by atoms with E-state index in [1.807, 2.05) is 28.9 Å². The minimum atomic E-state index is -0.653. The number of nitrogen functional groups attached to an aromatic ring is 1. The number of piperidine rings is 1. The molecular weight excluding hydrogens is 501 g/mol. The number of fused-ring (bicyclic) bond motifs is 1. The molecule has 1 atom stereocenters. The van der Waals surface area contributed by atoms with Gasteiger partial charge in [-0.3, -0.25) is 9.59 Å². The molecule has 39 heavy (non-hydrogen) atoms. The molecule has 0 bridgehead atoms. The Kier molecular flexibility index (Phi) is 7.22. The van der Waals surface area contributed by atoms with E-state index in [1.165, 1.54) is 37.7 Å². The topological polar surface area (TPSA) is 128 Å². The molecular formula is C28H28FN7O3. The number of carbonyl (C=O) groups excluding carboxylic acids is 2. The van der Waals surface area contributed by atoms with Gasteiger partial charge in [-0.15, -0.1) is 0 Å². The second-order valence-corrected chi connectivity index (χ2v) is 9.26. The zero-order valence-electron chi connectivity index (χ0n) is 21.4. The number of halogens is 1. The lowest BCUT2D eigenvalue weighted by atomic mass is 10.1. The number of ether oxygens (including phenoxy) is 1. The maximum absolute atomic E-state index is 14.2. The van der Waals surface area contributed by atoms with Crippen LogP contribution in [-0.4, -0.2) is 56.7 Å². The van der Waals surface area contributed by atoms with Crippen LogP contribution < -0.4 is 15.8 Å². The molecule has 3 N–H and O–H groups in total. The fourth-order valence-electron chi connectivity index (χ4n) is 4.80. The van der Waals surface area contributed by atoms with Crippen LogP contribution >= 0.6 is 0 Å². The van der Waals surface area contributed by atoms with E-state index in [-0.39, 0.29) is 24.1 Å². The second-order valence-electron chi connectivity index (χ2n) is 9.26. The van der Waals surface area contributed by atoms with Gasteiger partial charge in [-0.05, 0) is 36.6 Å². The number of nitrogens with two attached hydrogens (primary N) is 1. The van der Waals surface area contributed by atoms with Crippen molar-refractivity contribution in [1.82, 2.24) is 30.0 Å². The summed E-state index contributed by atoms with van der Waals surface area (Å²) < 4.78 is 21.1. The Labute approximate surface area is 224 Å². The van der Waals surface area contributed by atoms with Crippen LogP contribution in [0.3, 0.4) is 0 Å². The third-order valence-corrected chi connectivity index (χ3v) is 6.85. The number of aromatic nitrogens is 4. The first kappa shape index (κ1) is 25.8. The van der Waals surface area contributed by atoms with Gasteiger partial charge in [0.1, 0.15) is 29.4 Å². The van der Waals surface area contributed by atoms with Crippen LogP contribution in [0.25, 0.3) is 22.3 Å². The summed E-state index contributed by atoms with van der Waals surface area (Å²) in [6.07, 6.45) is 4.41. The molecule has 1 saturated heterocycles. The van der Waals surface area contributed by atoms with Gasteiger partial charge in [-0.2, -0.15) is 5.10 Å². The van der Waals surface area contributed by atoms with Gasteiger partial charge in [0.25, 0.3) is 5.91 Å². The number of hydrogen-bond donors (Lipinski definition) is 2. The molecule has 0 saturated carbocycles. The quantitative estimate of drug-likeness (QED) is 0.351. The van der Waals surface area contributed by atoms with Crippen LogP contribution in [0.4, 0.5) is 10.2 Å². The summed E-state index contributed by atoms with van der Waals surface area (Å²) in [4.78, 5) is 35.1. The Bertz CT molecular complexity index is 1550. The third-order valence-electron chi connectivity index (χ3n) is 6.85. The lowest BCUT2D eigenvalue weighted by molar-refractivity contribution is -0.127. The van der Waals surface area contributed by atoms with Gasteiger partial charge in [0.2, 0.25) is 5.91 Å². The summed E-state index contributed by atoms with van der Waals surface area (Å²) in [5.74, 6) is -0.631. The van der Waals surface area contributed by atoms with Gasteiger partial charge in [0, 0.05) is 31.3 Å². The zero-order valence-corrected chi connectivity index (χ0v) is 21.4. The molecule has 2 aromatic heterocycles. The maximum atomic E-state index is 14.2. The van der Waals surface area contributed by atoms with Crippen molar-refractivity contribution in [1.29, 1.82) is 0 Å². The lowest BCUT2D eigenvalue weighted by Gasteiger charge is -2.32. The highest BCUT2D eigenvalue weighted by molar-refractivity contribution is 5.98. The van der Waals surface area contributed by atoms with Crippen LogP contribution in [-0.2, 0) is 11.3 Å². The van der Waals surface area contributed by atoms with Crippen molar-refractivity contribution in [2.45, 2.75) is 25.4 Å². The van der Waals surface area contributed by atoms with Crippen molar-refractivity contribution < 1.29 is 18.7 Å². The van der Waals surface area contributed by atoms with Crippen LogP contribution in [0.15, 0.2) is 61.4 Å². The van der Waals surface area contributed by atoms with Crippen molar-refractivity contribution >= 4 is 28.7 Å². The number of likely N-dealkylation sites (tertiary alicyclic amines) is 1. The van der Waals surface area contributed by atoms with E-state index in [2.05, 4.69) is 21.9 Å². The van der Waals surface area contributed by atoms with Crippen molar-refractivity contribution in [3.63, 3.8) is 0 Å². The fourth-order valence-corrected chi connectivity index (χ4v) is 4.80. The summed E-state index contributed by atoms with van der Waals surface area (Å²) in [7, 11) is 1.43. The summed E-state index contributed by atoms with van der Waals surface area (Å²) in [6, 6.07) is 11.5. The molecule has 10 nitrogen and oxygen atoms in total. The molecule has 0 aliphatic carbocycles. The number of nitrogens with one attached hydrogen (secondary N) is 1. The Hall–Kier alpha value is -4.80. The van der Waals surface area contributed by atoms with E-state index < -0.39 is 11.7 Å². The van der Waals surface area contributed by atoms with Gasteiger partial charge < -0.3 is 20.7 Å². The van der Waals surface area contributed by atoms with Crippen molar-refractivity contribution in [2.75, 3.05) is 25.9 Å². The van der Waals surface area contributed by atoms with Gasteiger partial charge >= 0.3 is 0 Å². The molecule has 1 unspecified atom stereocenters. The molecule has 5 rings (SSSR count). The van der Waals surface area contributed by atoms with E-state index in [4.69, 9.17) is 15.6 Å². The number of anilines is 1. The SMILES string of the molecule is C=CC(=O)N1CCCC(n2nc(-c3ccc(CNC(=O)c4ccc(OC)cc4F)cc3)c3c(N)ncnc32)C1. The average Bonchev–Trinajstić information content (AvgIpc) is 3.36. The number of nitrogens with zero attached hydrogens (tertiary/aromatic N) is 5. The monoisotopic (exact) mass is 529 g/mol. The summed E-state index contributed by atoms with van der Waals surface area (Å²) in [6.45, 7) is 4.98. The van der Waals surface area contributed by atoms with Crippen LogP contribution in [0, 0.1) is 5.82 Å². The number of benzene rings is 2. The standard InChI is InChI=1S/C28H28FN7O3/c1-3-23(37)35-12-4-5-19(15-35)36-27-24(26(30)32-16-33-27)25(34-36)18-8-6-17(7-9-18)14-31-28(38)21-11-10-20(39-2)13-22(21)29/h3,6-11,13,16,19H,1,4-5,12,14-15H2,2H3,(H,31,38)(H2,30,32,33). The number of hydrogen-bond acceptors (Lipinski definition) is 7. The molecule has 4 aromatic rings. The minimum Gasteiger partial charge on any atom is -0.497 e. The maximum Gasteiger partial charge on any atom is 0.254 e. The number of rotatable bonds is 7. The van der Waals surface area contributed by atoms with E-state index in [0.717, 1.165) is 24.0 Å². The molecule has 1 aliphatic rings. The molecule has 1 aliphatic heterocycles. The number of carbonyl (C=O) groups is 2. The Morgan fingerprint density at radius 3 is 2.74 bits per heavy atom. The fraction of sp³-hybridized carbons (Fsp3) is 0.250. The molecule has 2 aromatic carbocycles. The Morgan fingerprint density at radius 2 is 2.03 bits per heavy atom. The molecule has 3 heterocycles. The van der Waals surface area contributed by atoms with Crippen molar-refractivity contribution in [3.8, 4) is 17.0 Å². The lowest BCUT2D eigenvalue weighted by Crippen LogP contribution is -2.40. The number of amides is 2. The van der Waals surface area contributed by atoms with Gasteiger partial charge in [0.15, 0.2) is 5.65 Å². The normalized spacial score (nSPS) is 15.2. The minimum absolute atomic E-state index is 0.0593. The smallest absolute Gasteiger partial charge is 0.254 e. The Balaban J connectivity index is 1.37.